The molecule has 2 saturated carbocycles. The molecular weight excluding hydrogens is 386 g/mol. The van der Waals surface area contributed by atoms with Crippen molar-refractivity contribution in [3.63, 3.8) is 0 Å². The molecule has 4 aliphatic rings. The van der Waals surface area contributed by atoms with Crippen molar-refractivity contribution in [3.05, 3.63) is 0 Å². The number of hydrogen-bond donors (Lipinski definition) is 0. The molecule has 0 amide bonds. The molecule has 0 aromatic rings. The topological polar surface area (TPSA) is 46.6 Å². The van der Waals surface area contributed by atoms with Gasteiger partial charge in [0.1, 0.15) is 11.9 Å². The van der Waals surface area contributed by atoms with E-state index in [4.69, 9.17) is 4.74 Å². The number of ether oxygens (including phenoxy) is 1. The Morgan fingerprint density at radius 2 is 1.81 bits per heavy atom. The molecule has 4 fully saturated rings. The third-order valence-electron chi connectivity index (χ3n) is 10.3. The highest BCUT2D eigenvalue weighted by Crippen LogP contribution is 2.65. The number of fused-ring (bicyclic) bond motifs is 5. The van der Waals surface area contributed by atoms with Gasteiger partial charge in [0, 0.05) is 17.9 Å². The summed E-state index contributed by atoms with van der Waals surface area (Å²) < 4.78 is 6.07. The molecule has 2 aliphatic heterocycles. The SMILES string of the molecule is CC1C[C@H]2[C@@H]3CCN4C(C)C(=O)CC[C@]4(C)[C@H]3CC[C@]2(C)[C@H]1C(C)OC(=O)C(C)(C)C. The van der Waals surface area contributed by atoms with Gasteiger partial charge in [-0.3, -0.25) is 14.5 Å². The van der Waals surface area contributed by atoms with Crippen LogP contribution in [0.5, 0.6) is 0 Å². The quantitative estimate of drug-likeness (QED) is 0.543. The van der Waals surface area contributed by atoms with Crippen molar-refractivity contribution >= 4 is 11.8 Å². The van der Waals surface area contributed by atoms with Crippen LogP contribution in [-0.4, -0.2) is 40.9 Å². The van der Waals surface area contributed by atoms with Crippen molar-refractivity contribution in [1.82, 2.24) is 4.90 Å². The molecule has 9 atom stereocenters. The Hall–Kier alpha value is -0.900. The molecule has 0 bridgehead atoms. The number of ketones is 1. The summed E-state index contributed by atoms with van der Waals surface area (Å²) in [5, 5.41) is 0. The average molecular weight is 432 g/mol. The highest BCUT2D eigenvalue weighted by molar-refractivity contribution is 5.84. The summed E-state index contributed by atoms with van der Waals surface area (Å²) in [6, 6.07) is 0.0834. The maximum atomic E-state index is 12.6. The van der Waals surface area contributed by atoms with E-state index < -0.39 is 5.41 Å². The van der Waals surface area contributed by atoms with Crippen molar-refractivity contribution in [2.24, 2.45) is 40.4 Å². The van der Waals surface area contributed by atoms with Crippen molar-refractivity contribution in [1.29, 1.82) is 0 Å². The third-order valence-corrected chi connectivity index (χ3v) is 10.3. The summed E-state index contributed by atoms with van der Waals surface area (Å²) in [5.74, 6) is 3.49. The summed E-state index contributed by atoms with van der Waals surface area (Å²) in [7, 11) is 0. The number of esters is 1. The molecule has 0 spiro atoms. The van der Waals surface area contributed by atoms with Crippen LogP contribution in [0.15, 0.2) is 0 Å². The van der Waals surface area contributed by atoms with E-state index in [1.165, 1.54) is 25.7 Å². The summed E-state index contributed by atoms with van der Waals surface area (Å²) in [6.07, 6.45) is 6.68. The fourth-order valence-electron chi connectivity index (χ4n) is 8.76. The van der Waals surface area contributed by atoms with E-state index in [0.717, 1.165) is 25.3 Å². The fourth-order valence-corrected chi connectivity index (χ4v) is 8.76. The van der Waals surface area contributed by atoms with Crippen molar-refractivity contribution in [3.8, 4) is 0 Å². The lowest BCUT2D eigenvalue weighted by Gasteiger charge is -2.62. The van der Waals surface area contributed by atoms with Gasteiger partial charge >= 0.3 is 5.97 Å². The normalized spacial score (nSPS) is 46.6. The minimum atomic E-state index is -0.454. The second-order valence-electron chi connectivity index (χ2n) is 13.0. The van der Waals surface area contributed by atoms with Gasteiger partial charge in [0.25, 0.3) is 0 Å². The number of piperidine rings is 2. The van der Waals surface area contributed by atoms with Gasteiger partial charge in [0.2, 0.25) is 0 Å². The van der Waals surface area contributed by atoms with Crippen molar-refractivity contribution < 1.29 is 14.3 Å². The standard InChI is InChI=1S/C27H45NO3/c1-16-15-21-19-11-14-28-17(2)22(29)10-13-27(28,8)20(19)9-12-26(21,7)23(16)18(3)31-24(30)25(4,5)6/h16-21,23H,9-15H2,1-8H3/t16?,17?,18?,19-,20+,21+,23-,26+,27-/m1/s1. The lowest BCUT2D eigenvalue weighted by Crippen LogP contribution is -2.67. The smallest absolute Gasteiger partial charge is 0.311 e. The van der Waals surface area contributed by atoms with Gasteiger partial charge in [0.15, 0.2) is 0 Å². The van der Waals surface area contributed by atoms with E-state index in [1.807, 2.05) is 20.8 Å². The highest BCUT2D eigenvalue weighted by Gasteiger charge is 2.63. The predicted octanol–water partition coefficient (Wildman–Crippen LogP) is 5.48. The number of rotatable bonds is 2. The highest BCUT2D eigenvalue weighted by atomic mass is 16.5. The second-order valence-corrected chi connectivity index (χ2v) is 13.0. The van der Waals surface area contributed by atoms with Gasteiger partial charge in [-0.15, -0.1) is 0 Å². The predicted molar refractivity (Wildman–Crippen MR) is 124 cm³/mol. The summed E-state index contributed by atoms with van der Waals surface area (Å²) in [5.41, 5.74) is -0.0411. The van der Waals surface area contributed by atoms with Gasteiger partial charge in [-0.25, -0.2) is 0 Å². The Morgan fingerprint density at radius 1 is 1.13 bits per heavy atom. The van der Waals surface area contributed by atoms with Gasteiger partial charge in [0.05, 0.1) is 11.5 Å². The minimum absolute atomic E-state index is 0.0312. The lowest BCUT2D eigenvalue weighted by atomic mass is 9.51. The summed E-state index contributed by atoms with van der Waals surface area (Å²) in [4.78, 5) is 27.6. The Balaban J connectivity index is 1.57. The summed E-state index contributed by atoms with van der Waals surface area (Å²) >= 11 is 0. The molecule has 2 saturated heterocycles. The molecule has 2 aliphatic carbocycles. The zero-order valence-corrected chi connectivity index (χ0v) is 21.2. The van der Waals surface area contributed by atoms with Crippen LogP contribution in [0.2, 0.25) is 0 Å². The van der Waals surface area contributed by atoms with Crippen molar-refractivity contribution in [2.75, 3.05) is 6.54 Å². The van der Waals surface area contributed by atoms with Crippen molar-refractivity contribution in [2.45, 2.75) is 112 Å². The maximum Gasteiger partial charge on any atom is 0.311 e. The molecule has 2 heterocycles. The molecular formula is C27H45NO3. The van der Waals surface area contributed by atoms with E-state index in [0.29, 0.717) is 29.5 Å². The van der Waals surface area contributed by atoms with E-state index in [-0.39, 0.29) is 29.1 Å². The lowest BCUT2D eigenvalue weighted by molar-refractivity contribution is -0.169. The molecule has 0 aromatic carbocycles. The molecule has 176 valence electrons. The van der Waals surface area contributed by atoms with Crippen LogP contribution in [0.3, 0.4) is 0 Å². The van der Waals surface area contributed by atoms with E-state index in [9.17, 15) is 9.59 Å². The van der Waals surface area contributed by atoms with Crippen LogP contribution in [0, 0.1) is 40.4 Å². The second kappa shape index (κ2) is 7.57. The Kier molecular flexibility index (Phi) is 5.68. The van der Waals surface area contributed by atoms with Gasteiger partial charge in [-0.1, -0.05) is 13.8 Å². The number of Topliss-reactive ketones (excluding diaryl/α,β-unsaturated/α-hetero) is 1. The Labute approximate surface area is 189 Å². The molecule has 3 unspecified atom stereocenters. The summed E-state index contributed by atoms with van der Waals surface area (Å²) in [6.45, 7) is 18.5. The maximum absolute atomic E-state index is 12.6. The molecule has 31 heavy (non-hydrogen) atoms. The van der Waals surface area contributed by atoms with Crippen LogP contribution in [0.1, 0.15) is 93.9 Å². The fraction of sp³-hybridized carbons (Fsp3) is 0.926. The van der Waals surface area contributed by atoms with Crippen LogP contribution in [-0.2, 0) is 14.3 Å². The van der Waals surface area contributed by atoms with Crippen LogP contribution in [0.4, 0.5) is 0 Å². The first-order valence-electron chi connectivity index (χ1n) is 12.8. The Bertz CT molecular complexity index is 741. The zero-order valence-electron chi connectivity index (χ0n) is 21.2. The largest absolute Gasteiger partial charge is 0.462 e. The first kappa shape index (κ1) is 23.3. The van der Waals surface area contributed by atoms with Crippen LogP contribution >= 0.6 is 0 Å². The molecule has 0 radical (unpaired) electrons. The zero-order chi connectivity index (χ0) is 22.9. The number of nitrogens with zero attached hydrogens (tertiary/aromatic N) is 1. The van der Waals surface area contributed by atoms with Crippen LogP contribution in [0.25, 0.3) is 0 Å². The van der Waals surface area contributed by atoms with Gasteiger partial charge in [-0.2, -0.15) is 0 Å². The molecule has 0 aromatic heterocycles. The van der Waals surface area contributed by atoms with E-state index >= 15 is 0 Å². The minimum Gasteiger partial charge on any atom is -0.462 e. The molecule has 4 nitrogen and oxygen atoms in total. The number of hydrogen-bond acceptors (Lipinski definition) is 4. The van der Waals surface area contributed by atoms with E-state index in [2.05, 4.69) is 39.5 Å². The van der Waals surface area contributed by atoms with E-state index in [1.54, 1.807) is 0 Å². The number of carbonyl (C=O) groups is 2. The average Bonchev–Trinajstić information content (AvgIpc) is 2.94. The molecule has 0 N–H and O–H groups in total. The van der Waals surface area contributed by atoms with Gasteiger partial charge in [-0.05, 0) is 109 Å². The number of carbonyl (C=O) groups excluding carboxylic acids is 2. The third kappa shape index (κ3) is 3.50. The first-order chi connectivity index (χ1) is 14.3. The van der Waals surface area contributed by atoms with Gasteiger partial charge < -0.3 is 4.74 Å². The molecule has 4 rings (SSSR count). The first-order valence-corrected chi connectivity index (χ1v) is 12.8. The molecule has 4 heteroatoms. The Morgan fingerprint density at radius 3 is 2.45 bits per heavy atom. The monoisotopic (exact) mass is 431 g/mol. The van der Waals surface area contributed by atoms with Crippen LogP contribution < -0.4 is 0 Å².